The number of H-pyrrole nitrogens is 1. The van der Waals surface area contributed by atoms with Crippen LogP contribution >= 0.6 is 0 Å². The number of amides is 1. The fourth-order valence-corrected chi connectivity index (χ4v) is 5.49. The third kappa shape index (κ3) is 4.92. The molecule has 6 rings (SSSR count). The average Bonchev–Trinajstić information content (AvgIpc) is 3.49. The lowest BCUT2D eigenvalue weighted by atomic mass is 10.0. The fraction of sp³-hybridized carbons (Fsp3) is 0.538. The third-order valence-electron chi connectivity index (χ3n) is 7.84. The Morgan fingerprint density at radius 2 is 2.00 bits per heavy atom. The van der Waals surface area contributed by atoms with Gasteiger partial charge in [-0.2, -0.15) is 15.1 Å². The highest BCUT2D eigenvalue weighted by Crippen LogP contribution is 2.45. The molecule has 2 aliphatic heterocycles. The lowest BCUT2D eigenvalue weighted by Gasteiger charge is -2.35. The number of halogens is 1. The summed E-state index contributed by atoms with van der Waals surface area (Å²) in [5.41, 5.74) is 2.67. The number of likely N-dealkylation sites (tertiary alicyclic amines) is 2. The van der Waals surface area contributed by atoms with E-state index in [0.29, 0.717) is 35.9 Å². The Morgan fingerprint density at radius 3 is 2.76 bits per heavy atom. The van der Waals surface area contributed by atoms with Gasteiger partial charge in [0.1, 0.15) is 17.6 Å². The number of carbonyl (C=O) groups excluding carboxylic acids is 1. The maximum Gasteiger partial charge on any atom is 0.246 e. The first-order valence-electron chi connectivity index (χ1n) is 13.2. The number of rotatable bonds is 7. The van der Waals surface area contributed by atoms with Crippen molar-refractivity contribution in [2.75, 3.05) is 43.9 Å². The predicted molar refractivity (Wildman–Crippen MR) is 141 cm³/mol. The van der Waals surface area contributed by atoms with Gasteiger partial charge in [0.25, 0.3) is 0 Å². The summed E-state index contributed by atoms with van der Waals surface area (Å²) in [5, 5.41) is 12.1. The van der Waals surface area contributed by atoms with Crippen molar-refractivity contribution in [3.63, 3.8) is 0 Å². The zero-order valence-electron chi connectivity index (χ0n) is 21.2. The van der Waals surface area contributed by atoms with Crippen molar-refractivity contribution in [3.8, 4) is 0 Å². The molecule has 1 saturated carbocycles. The molecule has 0 spiro atoms. The number of hydrogen-bond acceptors (Lipinski definition) is 7. The molecule has 3 aromatic rings. The Bertz CT molecular complexity index is 1290. The van der Waals surface area contributed by atoms with Crippen molar-refractivity contribution in [2.24, 2.45) is 0 Å². The summed E-state index contributed by atoms with van der Waals surface area (Å²) in [6.07, 6.45) is 10.6. The Kier molecular flexibility index (Phi) is 6.31. The SMILES string of the molecule is C=CC(=O)N1CCC(F)C(Nc2nc(Nc3cnn(C4CCN(C)CC4)c3)nc3[nH]cc(C4CC4)c23)C1. The van der Waals surface area contributed by atoms with Gasteiger partial charge in [-0.15, -0.1) is 0 Å². The summed E-state index contributed by atoms with van der Waals surface area (Å²) in [6.45, 7) is 6.34. The van der Waals surface area contributed by atoms with E-state index in [0.717, 1.165) is 55.4 Å². The van der Waals surface area contributed by atoms with Crippen LogP contribution in [0.15, 0.2) is 31.2 Å². The van der Waals surface area contributed by atoms with Crippen molar-refractivity contribution in [2.45, 2.75) is 56.3 Å². The highest BCUT2D eigenvalue weighted by Gasteiger charge is 2.33. The molecule has 0 aromatic carbocycles. The van der Waals surface area contributed by atoms with E-state index in [-0.39, 0.29) is 18.9 Å². The molecular formula is C26H34FN9O. The number of aromatic nitrogens is 5. The van der Waals surface area contributed by atoms with Gasteiger partial charge in [0.05, 0.1) is 29.4 Å². The molecule has 11 heteroatoms. The normalized spacial score (nSPS) is 23.4. The van der Waals surface area contributed by atoms with E-state index in [1.54, 1.807) is 11.1 Å². The summed E-state index contributed by atoms with van der Waals surface area (Å²) in [4.78, 5) is 29.0. The Hall–Kier alpha value is -3.47. The van der Waals surface area contributed by atoms with Crippen LogP contribution in [0.4, 0.5) is 21.8 Å². The third-order valence-corrected chi connectivity index (χ3v) is 7.84. The molecule has 3 aromatic heterocycles. The van der Waals surface area contributed by atoms with Crippen molar-refractivity contribution in [1.29, 1.82) is 0 Å². The number of hydrogen-bond donors (Lipinski definition) is 3. The van der Waals surface area contributed by atoms with Gasteiger partial charge >= 0.3 is 0 Å². The minimum Gasteiger partial charge on any atom is -0.362 e. The molecule has 0 radical (unpaired) electrons. The first kappa shape index (κ1) is 23.9. The van der Waals surface area contributed by atoms with Gasteiger partial charge in [0.2, 0.25) is 11.9 Å². The van der Waals surface area contributed by atoms with Crippen LogP contribution in [0, 0.1) is 0 Å². The second kappa shape index (κ2) is 9.77. The van der Waals surface area contributed by atoms with Crippen molar-refractivity contribution in [3.05, 3.63) is 36.8 Å². The molecule has 1 aliphatic carbocycles. The number of fused-ring (bicyclic) bond motifs is 1. The molecular weight excluding hydrogens is 473 g/mol. The van der Waals surface area contributed by atoms with E-state index in [1.807, 2.05) is 17.1 Å². The molecule has 196 valence electrons. The Balaban J connectivity index is 1.27. The minimum atomic E-state index is -1.09. The van der Waals surface area contributed by atoms with Crippen LogP contribution in [0.1, 0.15) is 49.6 Å². The first-order chi connectivity index (χ1) is 18.0. The van der Waals surface area contributed by atoms with E-state index >= 15 is 4.39 Å². The summed E-state index contributed by atoms with van der Waals surface area (Å²) < 4.78 is 17.0. The predicted octanol–water partition coefficient (Wildman–Crippen LogP) is 3.58. The number of alkyl halides is 1. The van der Waals surface area contributed by atoms with Crippen LogP contribution in [0.25, 0.3) is 11.0 Å². The molecule has 2 unspecified atom stereocenters. The van der Waals surface area contributed by atoms with Gasteiger partial charge in [0.15, 0.2) is 0 Å². The summed E-state index contributed by atoms with van der Waals surface area (Å²) in [5.74, 6) is 1.28. The van der Waals surface area contributed by atoms with Gasteiger partial charge in [-0.1, -0.05) is 6.58 Å². The van der Waals surface area contributed by atoms with Crippen LogP contribution in [-0.4, -0.2) is 85.9 Å². The van der Waals surface area contributed by atoms with Crippen LogP contribution in [-0.2, 0) is 4.79 Å². The van der Waals surface area contributed by atoms with E-state index < -0.39 is 12.2 Å². The number of anilines is 3. The number of nitrogens with zero attached hydrogens (tertiary/aromatic N) is 6. The number of aromatic amines is 1. The maximum atomic E-state index is 15.0. The molecule has 3 aliphatic rings. The molecule has 2 atom stereocenters. The zero-order valence-corrected chi connectivity index (χ0v) is 21.2. The Morgan fingerprint density at radius 1 is 1.19 bits per heavy atom. The summed E-state index contributed by atoms with van der Waals surface area (Å²) in [7, 11) is 2.15. The molecule has 37 heavy (non-hydrogen) atoms. The van der Waals surface area contributed by atoms with Crippen molar-refractivity contribution < 1.29 is 9.18 Å². The maximum absolute atomic E-state index is 15.0. The average molecular weight is 508 g/mol. The van der Waals surface area contributed by atoms with Crippen molar-refractivity contribution in [1.82, 2.24) is 34.5 Å². The highest BCUT2D eigenvalue weighted by molar-refractivity contribution is 5.93. The number of piperidine rings is 2. The Labute approximate surface area is 215 Å². The quantitative estimate of drug-likeness (QED) is 0.420. The van der Waals surface area contributed by atoms with E-state index in [4.69, 9.17) is 9.97 Å². The lowest BCUT2D eigenvalue weighted by Crippen LogP contribution is -2.50. The molecule has 3 N–H and O–H groups in total. The second-order valence-electron chi connectivity index (χ2n) is 10.6. The monoisotopic (exact) mass is 507 g/mol. The van der Waals surface area contributed by atoms with E-state index in [2.05, 4.69) is 39.2 Å². The van der Waals surface area contributed by atoms with E-state index in [9.17, 15) is 4.79 Å². The van der Waals surface area contributed by atoms with Gasteiger partial charge in [-0.3, -0.25) is 9.48 Å². The topological polar surface area (TPSA) is 107 Å². The highest BCUT2D eigenvalue weighted by atomic mass is 19.1. The standard InChI is InChI=1S/C26H34FN9O/c1-3-22(37)35-11-8-20(27)21(15-35)31-25-23-19(16-4-5-16)13-28-24(23)32-26(33-25)30-17-12-29-36(14-17)18-6-9-34(2)10-7-18/h3,12-14,16,18,20-21H,1,4-11,15H2,2H3,(H3,28,30,31,32,33). The van der Waals surface area contributed by atoms with Gasteiger partial charge in [0, 0.05) is 25.5 Å². The molecule has 3 fully saturated rings. The zero-order chi connectivity index (χ0) is 25.5. The fourth-order valence-electron chi connectivity index (χ4n) is 5.49. The molecule has 10 nitrogen and oxygen atoms in total. The summed E-state index contributed by atoms with van der Waals surface area (Å²) >= 11 is 0. The smallest absolute Gasteiger partial charge is 0.246 e. The van der Waals surface area contributed by atoms with Gasteiger partial charge in [-0.05, 0) is 69.8 Å². The first-order valence-corrected chi connectivity index (χ1v) is 13.2. The van der Waals surface area contributed by atoms with Crippen LogP contribution in [0.2, 0.25) is 0 Å². The largest absolute Gasteiger partial charge is 0.362 e. The van der Waals surface area contributed by atoms with Crippen LogP contribution in [0.5, 0.6) is 0 Å². The second-order valence-corrected chi connectivity index (χ2v) is 10.6. The lowest BCUT2D eigenvalue weighted by molar-refractivity contribution is -0.127. The minimum absolute atomic E-state index is 0.184. The number of carbonyl (C=O) groups is 1. The molecule has 2 saturated heterocycles. The van der Waals surface area contributed by atoms with Crippen LogP contribution in [0.3, 0.4) is 0 Å². The molecule has 0 bridgehead atoms. The van der Waals surface area contributed by atoms with Crippen molar-refractivity contribution >= 4 is 34.4 Å². The molecule has 5 heterocycles. The van der Waals surface area contributed by atoms with Gasteiger partial charge in [-0.25, -0.2) is 4.39 Å². The van der Waals surface area contributed by atoms with E-state index in [1.165, 1.54) is 6.08 Å². The van der Waals surface area contributed by atoms with Gasteiger partial charge < -0.3 is 25.4 Å². The van der Waals surface area contributed by atoms with Crippen LogP contribution < -0.4 is 10.6 Å². The molecule has 1 amide bonds. The number of nitrogens with one attached hydrogen (secondary N) is 3. The summed E-state index contributed by atoms with van der Waals surface area (Å²) in [6, 6.07) is -0.191.